The molecule has 8 nitrogen and oxygen atoms in total. The Morgan fingerprint density at radius 3 is 2.68 bits per heavy atom. The van der Waals surface area contributed by atoms with Crippen molar-refractivity contribution >= 4 is 23.5 Å². The monoisotopic (exact) mass is 390 g/mol. The molecule has 5 N–H and O–H groups in total. The Morgan fingerprint density at radius 1 is 1.29 bits per heavy atom. The number of nitrogens with one attached hydrogen (secondary N) is 2. The second kappa shape index (κ2) is 10.1. The third kappa shape index (κ3) is 5.69. The van der Waals surface area contributed by atoms with Gasteiger partial charge in [-0.05, 0) is 50.4 Å². The summed E-state index contributed by atoms with van der Waals surface area (Å²) in [5.74, 6) is -2.18. The van der Waals surface area contributed by atoms with Crippen molar-refractivity contribution in [1.29, 1.82) is 0 Å². The molecule has 0 heterocycles. The Labute approximate surface area is 165 Å². The number of anilines is 1. The van der Waals surface area contributed by atoms with E-state index < -0.39 is 24.0 Å². The van der Waals surface area contributed by atoms with E-state index in [1.807, 2.05) is 25.1 Å². The van der Waals surface area contributed by atoms with Crippen molar-refractivity contribution in [3.05, 3.63) is 29.8 Å². The van der Waals surface area contributed by atoms with E-state index in [0.29, 0.717) is 37.8 Å². The van der Waals surface area contributed by atoms with E-state index in [2.05, 4.69) is 10.6 Å². The summed E-state index contributed by atoms with van der Waals surface area (Å²) in [6.45, 7) is 0.400. The molecule has 1 aromatic rings. The molecular formula is C20H30N4O4. The van der Waals surface area contributed by atoms with E-state index in [1.54, 1.807) is 18.2 Å². The van der Waals surface area contributed by atoms with E-state index in [4.69, 9.17) is 5.73 Å². The van der Waals surface area contributed by atoms with Gasteiger partial charge in [-0.25, -0.2) is 0 Å². The van der Waals surface area contributed by atoms with Crippen molar-refractivity contribution in [3.8, 4) is 0 Å². The number of amides is 2. The number of carbonyl (C=O) groups is 3. The van der Waals surface area contributed by atoms with Crippen molar-refractivity contribution in [1.82, 2.24) is 10.6 Å². The van der Waals surface area contributed by atoms with Crippen molar-refractivity contribution in [2.24, 2.45) is 11.7 Å². The highest BCUT2D eigenvalue weighted by Gasteiger charge is 2.35. The molecule has 0 radical (unpaired) electrons. The minimum Gasteiger partial charge on any atom is -0.481 e. The van der Waals surface area contributed by atoms with Gasteiger partial charge >= 0.3 is 5.97 Å². The fraction of sp³-hybridized carbons (Fsp3) is 0.550. The van der Waals surface area contributed by atoms with Gasteiger partial charge in [0.15, 0.2) is 0 Å². The van der Waals surface area contributed by atoms with Crippen molar-refractivity contribution in [2.45, 2.75) is 44.2 Å². The maximum absolute atomic E-state index is 12.7. The maximum atomic E-state index is 12.7. The molecule has 28 heavy (non-hydrogen) atoms. The predicted octanol–water partition coefficient (Wildman–Crippen LogP) is 0.959. The topological polar surface area (TPSA) is 125 Å². The highest BCUT2D eigenvalue weighted by Crippen LogP contribution is 2.26. The van der Waals surface area contributed by atoms with Crippen molar-refractivity contribution in [3.63, 3.8) is 0 Å². The number of carbonyl (C=O) groups excluding carboxylic acids is 2. The summed E-state index contributed by atoms with van der Waals surface area (Å²) in [6, 6.07) is 5.97. The number of hydrogen-bond donors (Lipinski definition) is 4. The Morgan fingerprint density at radius 2 is 2.04 bits per heavy atom. The van der Waals surface area contributed by atoms with Crippen LogP contribution in [0.1, 0.15) is 42.5 Å². The molecule has 1 aromatic carbocycles. The molecule has 3 atom stereocenters. The Bertz CT molecular complexity index is 707. The number of nitrogens with zero attached hydrogens (tertiary/aromatic N) is 1. The lowest BCUT2D eigenvalue weighted by Crippen LogP contribution is -2.51. The summed E-state index contributed by atoms with van der Waals surface area (Å²) in [5.41, 5.74) is 6.91. The first-order valence-corrected chi connectivity index (χ1v) is 9.65. The van der Waals surface area contributed by atoms with E-state index in [9.17, 15) is 19.5 Å². The first-order chi connectivity index (χ1) is 13.3. The minimum atomic E-state index is -0.897. The molecule has 2 amide bonds. The van der Waals surface area contributed by atoms with Crippen LogP contribution in [-0.4, -0.2) is 55.6 Å². The fourth-order valence-electron chi connectivity index (χ4n) is 3.47. The van der Waals surface area contributed by atoms with Crippen LogP contribution in [0.5, 0.6) is 0 Å². The number of nitrogens with two attached hydrogens (primary N) is 1. The first kappa shape index (κ1) is 21.7. The van der Waals surface area contributed by atoms with Gasteiger partial charge < -0.3 is 26.4 Å². The zero-order valence-electron chi connectivity index (χ0n) is 16.5. The molecule has 1 aliphatic rings. The molecular weight excluding hydrogens is 360 g/mol. The van der Waals surface area contributed by atoms with Crippen LogP contribution >= 0.6 is 0 Å². The van der Waals surface area contributed by atoms with Crippen molar-refractivity contribution < 1.29 is 19.5 Å². The second-order valence-electron chi connectivity index (χ2n) is 7.39. The molecule has 2 rings (SSSR count). The number of rotatable bonds is 9. The van der Waals surface area contributed by atoms with Crippen LogP contribution in [0.3, 0.4) is 0 Å². The van der Waals surface area contributed by atoms with Crippen LogP contribution in [-0.2, 0) is 9.59 Å². The van der Waals surface area contributed by atoms with Gasteiger partial charge in [-0.15, -0.1) is 0 Å². The lowest BCUT2D eigenvalue weighted by atomic mass is 10.0. The largest absolute Gasteiger partial charge is 0.481 e. The third-order valence-electron chi connectivity index (χ3n) is 5.10. The highest BCUT2D eigenvalue weighted by molar-refractivity contribution is 5.98. The average Bonchev–Trinajstić information content (AvgIpc) is 3.13. The molecule has 0 saturated heterocycles. The molecule has 1 aliphatic carbocycles. The lowest BCUT2D eigenvalue weighted by molar-refractivity contribution is -0.142. The van der Waals surface area contributed by atoms with E-state index >= 15 is 0 Å². The predicted molar refractivity (Wildman–Crippen MR) is 107 cm³/mol. The second-order valence-corrected chi connectivity index (χ2v) is 7.39. The number of hydrogen-bond acceptors (Lipinski definition) is 5. The summed E-state index contributed by atoms with van der Waals surface area (Å²) >= 11 is 0. The third-order valence-corrected chi connectivity index (χ3v) is 5.10. The van der Waals surface area contributed by atoms with Crippen LogP contribution in [0.25, 0.3) is 0 Å². The van der Waals surface area contributed by atoms with Gasteiger partial charge in [0.25, 0.3) is 5.91 Å². The van der Waals surface area contributed by atoms with E-state index in [1.165, 1.54) is 0 Å². The van der Waals surface area contributed by atoms with Gasteiger partial charge in [-0.3, -0.25) is 14.4 Å². The number of benzene rings is 1. The number of carboxylic acid groups (broad SMARTS) is 1. The Hall–Kier alpha value is -2.61. The molecule has 0 unspecified atom stereocenters. The molecule has 1 fully saturated rings. The quantitative estimate of drug-likeness (QED) is 0.498. The summed E-state index contributed by atoms with van der Waals surface area (Å²) in [7, 11) is 3.77. The van der Waals surface area contributed by atoms with Crippen molar-refractivity contribution in [2.75, 3.05) is 25.5 Å². The van der Waals surface area contributed by atoms with Crippen LogP contribution in [0.15, 0.2) is 24.3 Å². The summed E-state index contributed by atoms with van der Waals surface area (Å²) in [5, 5.41) is 14.9. The molecule has 0 aromatic heterocycles. The molecule has 0 bridgehead atoms. The first-order valence-electron chi connectivity index (χ1n) is 9.65. The standard InChI is InChI=1S/C20H30N4O4/c1-24(2)14-7-3-6-13(12-14)18(25)23-17(10-5-11-21)19(26)22-16-9-4-8-15(16)20(27)28/h3,6-7,12,15-17H,4-5,8-11,21H2,1-2H3,(H,22,26)(H,23,25)(H,27,28)/t15-,16+,17+/m1/s1. The zero-order chi connectivity index (χ0) is 20.7. The van der Waals surface area contributed by atoms with Gasteiger partial charge in [0.1, 0.15) is 6.04 Å². The maximum Gasteiger partial charge on any atom is 0.308 e. The molecule has 0 aliphatic heterocycles. The average molecular weight is 390 g/mol. The smallest absolute Gasteiger partial charge is 0.308 e. The van der Waals surface area contributed by atoms with Gasteiger partial charge in [0.2, 0.25) is 5.91 Å². The van der Waals surface area contributed by atoms with E-state index in [-0.39, 0.29) is 11.8 Å². The Kier molecular flexibility index (Phi) is 7.80. The van der Waals surface area contributed by atoms with Crippen LogP contribution in [0.4, 0.5) is 5.69 Å². The fourth-order valence-corrected chi connectivity index (χ4v) is 3.47. The van der Waals surface area contributed by atoms with Gasteiger partial charge in [-0.2, -0.15) is 0 Å². The minimum absolute atomic E-state index is 0.345. The number of carboxylic acids is 1. The molecule has 0 spiro atoms. The zero-order valence-corrected chi connectivity index (χ0v) is 16.5. The lowest BCUT2D eigenvalue weighted by Gasteiger charge is -2.23. The molecule has 154 valence electrons. The SMILES string of the molecule is CN(C)c1cccc(C(=O)N[C@@H](CCCN)C(=O)N[C@H]2CCC[C@H]2C(=O)O)c1. The summed E-state index contributed by atoms with van der Waals surface area (Å²) in [4.78, 5) is 38.7. The van der Waals surface area contributed by atoms with Crippen LogP contribution in [0, 0.1) is 5.92 Å². The molecule has 1 saturated carbocycles. The Balaban J connectivity index is 2.07. The van der Waals surface area contributed by atoms with Crippen LogP contribution < -0.4 is 21.3 Å². The number of aliphatic carboxylic acids is 1. The summed E-state index contributed by atoms with van der Waals surface area (Å²) in [6.07, 6.45) is 2.91. The highest BCUT2D eigenvalue weighted by atomic mass is 16.4. The van der Waals surface area contributed by atoms with Crippen LogP contribution in [0.2, 0.25) is 0 Å². The normalized spacial score (nSPS) is 19.7. The van der Waals surface area contributed by atoms with Gasteiger partial charge in [-0.1, -0.05) is 12.5 Å². The van der Waals surface area contributed by atoms with Gasteiger partial charge in [0.05, 0.1) is 5.92 Å². The van der Waals surface area contributed by atoms with E-state index in [0.717, 1.165) is 12.1 Å². The van der Waals surface area contributed by atoms with Gasteiger partial charge in [0, 0.05) is 31.4 Å². The summed E-state index contributed by atoms with van der Waals surface area (Å²) < 4.78 is 0. The molecule has 8 heteroatoms.